The Hall–Kier alpha value is -1.14. The van der Waals surface area contributed by atoms with Crippen LogP contribution in [-0.4, -0.2) is 60.3 Å². The number of aromatic nitrogens is 2. The molecule has 2 aliphatic heterocycles. The van der Waals surface area contributed by atoms with E-state index in [0.717, 1.165) is 43.1 Å². The summed E-state index contributed by atoms with van der Waals surface area (Å²) in [6.45, 7) is 3.52. The first-order chi connectivity index (χ1) is 10.6. The number of fused-ring (bicyclic) bond motifs is 2. The highest BCUT2D eigenvalue weighted by Crippen LogP contribution is 2.29. The molecule has 0 spiro atoms. The molecule has 22 heavy (non-hydrogen) atoms. The molecule has 2 atom stereocenters. The van der Waals surface area contributed by atoms with E-state index >= 15 is 0 Å². The van der Waals surface area contributed by atoms with Crippen LogP contribution in [0.2, 0.25) is 10.0 Å². The van der Waals surface area contributed by atoms with Crippen molar-refractivity contribution in [2.45, 2.75) is 12.1 Å². The molecule has 0 N–H and O–H groups in total. The van der Waals surface area contributed by atoms with Gasteiger partial charge in [-0.1, -0.05) is 23.2 Å². The second-order valence-electron chi connectivity index (χ2n) is 5.85. The van der Waals surface area contributed by atoms with Crippen LogP contribution in [0.1, 0.15) is 0 Å². The first-order valence-corrected chi connectivity index (χ1v) is 8.06. The fraction of sp³-hybridized carbons (Fsp3) is 0.467. The Bertz CT molecular complexity index is 726. The maximum absolute atomic E-state index is 6.08. The molecule has 5 nitrogen and oxygen atoms in total. The summed E-state index contributed by atoms with van der Waals surface area (Å²) in [7, 11) is 2.15. The van der Waals surface area contributed by atoms with E-state index in [1.165, 1.54) is 0 Å². The van der Waals surface area contributed by atoms with Gasteiger partial charge >= 0.3 is 0 Å². The largest absolute Gasteiger partial charge is 0.373 e. The molecule has 7 heteroatoms. The number of ether oxygens (including phenoxy) is 1. The summed E-state index contributed by atoms with van der Waals surface area (Å²) in [6.07, 6.45) is 2.04. The number of benzene rings is 1. The van der Waals surface area contributed by atoms with Gasteiger partial charge in [0.15, 0.2) is 0 Å². The highest BCUT2D eigenvalue weighted by atomic mass is 35.5. The van der Waals surface area contributed by atoms with Crippen molar-refractivity contribution in [2.75, 3.05) is 38.2 Å². The number of halogens is 2. The molecular formula is C15H16Cl2N4O. The Morgan fingerprint density at radius 2 is 1.95 bits per heavy atom. The quantitative estimate of drug-likeness (QED) is 0.798. The van der Waals surface area contributed by atoms with Gasteiger partial charge in [0.1, 0.15) is 5.82 Å². The summed E-state index contributed by atoms with van der Waals surface area (Å²) in [5.41, 5.74) is 1.51. The lowest BCUT2D eigenvalue weighted by Gasteiger charge is -2.33. The number of likely N-dealkylation sites (N-methyl/N-ethyl adjacent to an activating group) is 1. The van der Waals surface area contributed by atoms with E-state index in [-0.39, 0.29) is 6.10 Å². The highest BCUT2D eigenvalue weighted by molar-refractivity contribution is 6.42. The molecule has 0 bridgehead atoms. The summed E-state index contributed by atoms with van der Waals surface area (Å²) in [5.74, 6) is 0.859. The van der Waals surface area contributed by atoms with Gasteiger partial charge in [-0.2, -0.15) is 0 Å². The molecule has 2 aromatic rings. The first-order valence-electron chi connectivity index (χ1n) is 7.30. The second-order valence-corrected chi connectivity index (χ2v) is 6.66. The molecule has 0 saturated carbocycles. The molecule has 0 amide bonds. The Balaban J connectivity index is 1.65. The standard InChI is InChI=1S/C15H16Cl2N4O/c1-20-2-3-22-14-8-21(7-13(14)20)15-6-18-11-4-9(16)10(17)5-12(11)19-15/h4-6,13-14H,2-3,7-8H2,1H3/t13-,14-/m1/s1. The topological polar surface area (TPSA) is 41.5 Å². The minimum absolute atomic E-state index is 0.241. The molecule has 0 radical (unpaired) electrons. The van der Waals surface area contributed by atoms with Gasteiger partial charge in [0.2, 0.25) is 0 Å². The van der Waals surface area contributed by atoms with Crippen LogP contribution in [0.3, 0.4) is 0 Å². The minimum atomic E-state index is 0.241. The summed E-state index contributed by atoms with van der Waals surface area (Å²) >= 11 is 12.1. The first kappa shape index (κ1) is 14.5. The van der Waals surface area contributed by atoms with Crippen LogP contribution < -0.4 is 4.90 Å². The third kappa shape index (κ3) is 2.42. The summed E-state index contributed by atoms with van der Waals surface area (Å²) in [6, 6.07) is 3.93. The van der Waals surface area contributed by atoms with Gasteiger partial charge in [-0.25, -0.2) is 4.98 Å². The molecule has 0 unspecified atom stereocenters. The average molecular weight is 339 g/mol. The number of hydrogen-bond acceptors (Lipinski definition) is 5. The summed E-state index contributed by atoms with van der Waals surface area (Å²) in [5, 5.41) is 0.997. The average Bonchev–Trinajstić information content (AvgIpc) is 2.94. The van der Waals surface area contributed by atoms with Gasteiger partial charge < -0.3 is 9.64 Å². The molecule has 1 aromatic carbocycles. The molecule has 2 aliphatic rings. The molecule has 3 heterocycles. The van der Waals surface area contributed by atoms with Crippen LogP contribution in [0.25, 0.3) is 11.0 Å². The molecule has 1 aromatic heterocycles. The van der Waals surface area contributed by atoms with Gasteiger partial charge in [-0.15, -0.1) is 0 Å². The smallest absolute Gasteiger partial charge is 0.147 e. The van der Waals surface area contributed by atoms with Gasteiger partial charge in [0.05, 0.1) is 46.0 Å². The van der Waals surface area contributed by atoms with Crippen molar-refractivity contribution in [3.8, 4) is 0 Å². The highest BCUT2D eigenvalue weighted by Gasteiger charge is 2.39. The van der Waals surface area contributed by atoms with Crippen LogP contribution in [0.4, 0.5) is 5.82 Å². The van der Waals surface area contributed by atoms with E-state index in [2.05, 4.69) is 26.8 Å². The third-order valence-electron chi connectivity index (χ3n) is 4.47. The van der Waals surface area contributed by atoms with Crippen molar-refractivity contribution in [3.05, 3.63) is 28.4 Å². The zero-order chi connectivity index (χ0) is 15.3. The number of hydrogen-bond donors (Lipinski definition) is 0. The van der Waals surface area contributed by atoms with E-state index < -0.39 is 0 Å². The molecule has 2 fully saturated rings. The Morgan fingerprint density at radius 3 is 2.73 bits per heavy atom. The third-order valence-corrected chi connectivity index (χ3v) is 5.20. The Morgan fingerprint density at radius 1 is 1.18 bits per heavy atom. The number of anilines is 1. The normalized spacial score (nSPS) is 25.7. The van der Waals surface area contributed by atoms with Crippen LogP contribution in [0.15, 0.2) is 18.3 Å². The Labute approximate surface area is 138 Å². The van der Waals surface area contributed by atoms with Crippen LogP contribution in [-0.2, 0) is 4.74 Å². The van der Waals surface area contributed by atoms with Gasteiger partial charge in [-0.3, -0.25) is 9.88 Å². The van der Waals surface area contributed by atoms with Crippen LogP contribution in [0, 0.1) is 0 Å². The van der Waals surface area contributed by atoms with Crippen molar-refractivity contribution in [1.82, 2.24) is 14.9 Å². The fourth-order valence-electron chi connectivity index (χ4n) is 3.20. The number of rotatable bonds is 1. The van der Waals surface area contributed by atoms with E-state index in [0.29, 0.717) is 16.1 Å². The summed E-state index contributed by atoms with van der Waals surface area (Å²) in [4.78, 5) is 13.7. The van der Waals surface area contributed by atoms with Crippen molar-refractivity contribution in [2.24, 2.45) is 0 Å². The van der Waals surface area contributed by atoms with Crippen LogP contribution in [0.5, 0.6) is 0 Å². The monoisotopic (exact) mass is 338 g/mol. The van der Waals surface area contributed by atoms with Crippen molar-refractivity contribution in [1.29, 1.82) is 0 Å². The molecule has 2 saturated heterocycles. The summed E-state index contributed by atoms with van der Waals surface area (Å²) < 4.78 is 5.88. The molecule has 116 valence electrons. The van der Waals surface area contributed by atoms with E-state index in [9.17, 15) is 0 Å². The van der Waals surface area contributed by atoms with E-state index in [1.54, 1.807) is 18.3 Å². The van der Waals surface area contributed by atoms with Crippen molar-refractivity contribution >= 4 is 40.1 Å². The van der Waals surface area contributed by atoms with Crippen molar-refractivity contribution in [3.63, 3.8) is 0 Å². The van der Waals surface area contributed by atoms with E-state index in [4.69, 9.17) is 27.9 Å². The van der Waals surface area contributed by atoms with Gasteiger partial charge in [0.25, 0.3) is 0 Å². The second kappa shape index (κ2) is 5.49. The maximum atomic E-state index is 6.08. The minimum Gasteiger partial charge on any atom is -0.373 e. The molecule has 4 rings (SSSR count). The predicted octanol–water partition coefficient (Wildman–Crippen LogP) is 2.46. The lowest BCUT2D eigenvalue weighted by Crippen LogP contribution is -2.48. The zero-order valence-corrected chi connectivity index (χ0v) is 13.7. The van der Waals surface area contributed by atoms with Gasteiger partial charge in [0, 0.05) is 19.6 Å². The fourth-order valence-corrected chi connectivity index (χ4v) is 3.51. The number of morpholine rings is 1. The lowest BCUT2D eigenvalue weighted by molar-refractivity contribution is -0.0362. The molecular weight excluding hydrogens is 323 g/mol. The van der Waals surface area contributed by atoms with Gasteiger partial charge in [-0.05, 0) is 19.2 Å². The molecule has 0 aliphatic carbocycles. The van der Waals surface area contributed by atoms with E-state index in [1.807, 2.05) is 0 Å². The maximum Gasteiger partial charge on any atom is 0.147 e. The van der Waals surface area contributed by atoms with Crippen molar-refractivity contribution < 1.29 is 4.74 Å². The zero-order valence-electron chi connectivity index (χ0n) is 12.2. The lowest BCUT2D eigenvalue weighted by atomic mass is 10.1. The predicted molar refractivity (Wildman–Crippen MR) is 87.9 cm³/mol. The Kier molecular flexibility index (Phi) is 3.61. The number of nitrogens with zero attached hydrogens (tertiary/aromatic N) is 4. The SMILES string of the molecule is CN1CCO[C@@H]2CN(c3cnc4cc(Cl)c(Cl)cc4n3)C[C@H]21. The van der Waals surface area contributed by atoms with Crippen LogP contribution >= 0.6 is 23.2 Å².